The first-order valence-electron chi connectivity index (χ1n) is 0.538. The molecule has 0 heterocycles. The Hall–Kier alpha value is 1.74. The predicted molar refractivity (Wildman–Crippen MR) is 33.8 cm³/mol. The van der Waals surface area contributed by atoms with Gasteiger partial charge in [0.25, 0.3) is 0 Å². The molecule has 0 spiro atoms. The van der Waals surface area contributed by atoms with Gasteiger partial charge < -0.3 is 0 Å². The molecule has 0 aromatic carbocycles. The average Bonchev–Trinajstić information content (AvgIpc) is 0.811. The van der Waals surface area contributed by atoms with E-state index in [0.717, 1.165) is 0 Å². The molecule has 0 aliphatic carbocycles. The van der Waals surface area contributed by atoms with Gasteiger partial charge in [-0.25, -0.2) is 0 Å². The van der Waals surface area contributed by atoms with Gasteiger partial charge in [0.15, 0.2) is 0 Å². The Morgan fingerprint density at radius 3 is 1.50 bits per heavy atom. The Kier molecular flexibility index (Phi) is 4.23. The molecule has 0 aromatic rings. The summed E-state index contributed by atoms with van der Waals surface area (Å²) in [6.07, 6.45) is 0. The van der Waals surface area contributed by atoms with Gasteiger partial charge in [0.1, 0.15) is 0 Å². The van der Waals surface area contributed by atoms with Crippen molar-refractivity contribution < 1.29 is 0 Å². The Morgan fingerprint density at radius 2 is 1.50 bits per heavy atom. The van der Waals surface area contributed by atoms with E-state index in [4.69, 9.17) is 0 Å². The van der Waals surface area contributed by atoms with E-state index in [9.17, 15) is 0 Å². The number of halogens is 2. The van der Waals surface area contributed by atoms with Crippen LogP contribution in [0.5, 0.6) is 0 Å². The normalized spacial score (nSPS) is 9.00. The summed E-state index contributed by atoms with van der Waals surface area (Å²) in [5.41, 5.74) is 0. The molecule has 0 radical (unpaired) electrons. The van der Waals surface area contributed by atoms with E-state index in [-0.39, 0.29) is 4.53 Å². The highest BCUT2D eigenvalue weighted by Gasteiger charge is 1.75. The second-order valence-corrected chi connectivity index (χ2v) is 12.2. The van der Waals surface area contributed by atoms with E-state index < -0.39 is 0 Å². The Morgan fingerprint density at radius 1 is 1.50 bits per heavy atom. The maximum atomic E-state index is 3.86. The van der Waals surface area contributed by atoms with Gasteiger partial charge in [-0.05, 0) is 31.0 Å². The van der Waals surface area contributed by atoms with Gasteiger partial charge in [-0.3, -0.25) is 0 Å². The summed E-state index contributed by atoms with van der Waals surface area (Å²) in [7, 11) is 0. The minimum absolute atomic E-state index is 0.301. The van der Waals surface area contributed by atoms with E-state index in [2.05, 4.69) is 43.2 Å². The molecule has 0 fully saturated rings. The summed E-state index contributed by atoms with van der Waals surface area (Å²) in [5, 5.41) is 0. The molecule has 0 bridgehead atoms. The van der Waals surface area contributed by atoms with E-state index >= 15 is 0 Å². The molecule has 0 atom stereocenters. The van der Waals surface area contributed by atoms with E-state index in [1.807, 2.05) is 0 Å². The quantitative estimate of drug-likeness (QED) is 0.474. The van der Waals surface area contributed by atoms with Crippen molar-refractivity contribution in [2.75, 3.05) is 0 Å². The summed E-state index contributed by atoms with van der Waals surface area (Å²) < 4.78 is -0.301. The van der Waals surface area contributed by atoms with E-state index in [0.29, 0.717) is 0 Å². The van der Waals surface area contributed by atoms with Crippen LogP contribution in [-0.4, -0.2) is 0 Å². The molecule has 0 saturated carbocycles. The van der Waals surface area contributed by atoms with Crippen molar-refractivity contribution in [1.29, 1.82) is 0 Å². The molecule has 0 unspecified atom stereocenters. The number of thiol groups is 1. The van der Waals surface area contributed by atoms with Gasteiger partial charge in [-0.2, -0.15) is 0 Å². The lowest BCUT2D eigenvalue weighted by Gasteiger charge is -1.72. The first-order chi connectivity index (χ1) is 1.73. The third-order valence-corrected chi connectivity index (χ3v) is 0. The van der Waals surface area contributed by atoms with Crippen molar-refractivity contribution in [2.45, 2.75) is 0 Å². The van der Waals surface area contributed by atoms with Crippen LogP contribution in [0.2, 0.25) is 0 Å². The van der Waals surface area contributed by atoms with Crippen LogP contribution < -0.4 is 0 Å². The third-order valence-electron chi connectivity index (χ3n) is 0. The van der Waals surface area contributed by atoms with Crippen LogP contribution in [0.15, 0.2) is 0 Å². The van der Waals surface area contributed by atoms with Gasteiger partial charge in [-0.1, -0.05) is 0 Å². The fraction of sp³-hybridized carbons (Fsp3) is 0. The molecule has 0 aliphatic heterocycles. The van der Waals surface area contributed by atoms with Crippen LogP contribution in [0.1, 0.15) is 0 Å². The maximum absolute atomic E-state index is 3.86. The SMILES string of the molecule is SP(Br)Br. The molecule has 0 rings (SSSR count). The molecule has 0 saturated heterocycles. The smallest absolute Gasteiger partial charge is 0.0902 e. The zero-order valence-corrected chi connectivity index (χ0v) is 6.61. The van der Waals surface area contributed by atoms with E-state index in [1.54, 1.807) is 0 Å². The van der Waals surface area contributed by atoms with Gasteiger partial charge in [0.05, 0.1) is 4.53 Å². The van der Waals surface area contributed by atoms with Crippen molar-refractivity contribution in [3.63, 3.8) is 0 Å². The summed E-state index contributed by atoms with van der Waals surface area (Å²) in [5.74, 6) is 0. The second-order valence-electron chi connectivity index (χ2n) is 0.215. The topological polar surface area (TPSA) is 0 Å². The van der Waals surface area contributed by atoms with Crippen molar-refractivity contribution >= 4 is 47.8 Å². The summed E-state index contributed by atoms with van der Waals surface area (Å²) in [6, 6.07) is 0. The van der Waals surface area contributed by atoms with Crippen LogP contribution in [0.4, 0.5) is 0 Å². The van der Waals surface area contributed by atoms with Crippen molar-refractivity contribution in [1.82, 2.24) is 0 Å². The molecule has 4 heteroatoms. The third kappa shape index (κ3) is 9.27. The highest BCUT2D eigenvalue weighted by molar-refractivity contribution is 9.77. The summed E-state index contributed by atoms with van der Waals surface area (Å²) in [6.45, 7) is 0. The summed E-state index contributed by atoms with van der Waals surface area (Å²) in [4.78, 5) is 0. The largest absolute Gasteiger partial charge is 0.129 e. The van der Waals surface area contributed by atoms with Crippen LogP contribution >= 0.6 is 47.8 Å². The van der Waals surface area contributed by atoms with Crippen molar-refractivity contribution in [2.24, 2.45) is 0 Å². The molecule has 0 nitrogen and oxygen atoms in total. The molecule has 0 N–H and O–H groups in total. The molecule has 0 amide bonds. The van der Waals surface area contributed by atoms with Crippen LogP contribution in [0, 0.1) is 0 Å². The Labute approximate surface area is 47.7 Å². The average molecular weight is 224 g/mol. The molecule has 0 aliphatic rings. The lowest BCUT2D eigenvalue weighted by atomic mass is 30.4. The molecular weight excluding hydrogens is 223 g/mol. The molecule has 0 aromatic heterocycles. The zero-order valence-electron chi connectivity index (χ0n) is 1.65. The minimum atomic E-state index is -0.301. The lowest BCUT2D eigenvalue weighted by Crippen LogP contribution is -0.914. The van der Waals surface area contributed by atoms with Crippen molar-refractivity contribution in [3.05, 3.63) is 0 Å². The van der Waals surface area contributed by atoms with Crippen LogP contribution in [0.3, 0.4) is 0 Å². The second kappa shape index (κ2) is 2.95. The zero-order chi connectivity index (χ0) is 3.58. The van der Waals surface area contributed by atoms with Crippen molar-refractivity contribution in [3.8, 4) is 0 Å². The van der Waals surface area contributed by atoms with E-state index in [1.165, 1.54) is 0 Å². The minimum Gasteiger partial charge on any atom is -0.129 e. The van der Waals surface area contributed by atoms with Crippen LogP contribution in [0.25, 0.3) is 0 Å². The monoisotopic (exact) mass is 222 g/mol. The van der Waals surface area contributed by atoms with Gasteiger partial charge >= 0.3 is 0 Å². The first-order valence-corrected chi connectivity index (χ1v) is 7.07. The predicted octanol–water partition coefficient (Wildman–Crippen LogP) is 2.93. The Balaban J connectivity index is 2.32. The first kappa shape index (κ1) is 5.74. The molecular formula is HBr2PS. The van der Waals surface area contributed by atoms with Gasteiger partial charge in [-0.15, -0.1) is 12.2 Å². The maximum Gasteiger partial charge on any atom is 0.0902 e. The highest BCUT2D eigenvalue weighted by Crippen LogP contribution is 2.56. The number of hydrogen-bond donors (Lipinski definition) is 1. The Bertz CT molecular complexity index is 10.8. The molecule has 4 heavy (non-hydrogen) atoms. The summed E-state index contributed by atoms with van der Waals surface area (Å²) >= 11 is 10.1. The van der Waals surface area contributed by atoms with Gasteiger partial charge in [0, 0.05) is 0 Å². The van der Waals surface area contributed by atoms with Crippen LogP contribution in [-0.2, 0) is 0 Å². The highest BCUT2D eigenvalue weighted by atomic mass is 79.9. The number of rotatable bonds is 0. The standard InChI is InChI=1S/Br2HPS/c1-3(2)4/h4H. The molecule has 26 valence electrons. The fourth-order valence-corrected chi connectivity index (χ4v) is 0. The lowest BCUT2D eigenvalue weighted by molar-refractivity contribution is 5.75. The van der Waals surface area contributed by atoms with Gasteiger partial charge in [0.2, 0.25) is 0 Å². The fourth-order valence-electron chi connectivity index (χ4n) is 0. The number of hydrogen-bond acceptors (Lipinski definition) is 1.